The summed E-state index contributed by atoms with van der Waals surface area (Å²) in [6.07, 6.45) is -1.29. The van der Waals surface area contributed by atoms with E-state index in [1.807, 2.05) is 0 Å². The van der Waals surface area contributed by atoms with E-state index < -0.39 is 41.6 Å². The minimum Gasteiger partial charge on any atom is -0.387 e. The lowest BCUT2D eigenvalue weighted by atomic mass is 10.1. The largest absolute Gasteiger partial charge is 0.387 e. The Labute approximate surface area is 131 Å². The Morgan fingerprint density at radius 2 is 2.09 bits per heavy atom. The summed E-state index contributed by atoms with van der Waals surface area (Å²) in [4.78, 5) is 24.5. The molecule has 1 aliphatic rings. The molecule has 0 spiro atoms. The van der Waals surface area contributed by atoms with Crippen LogP contribution in [0.25, 0.3) is 0 Å². The van der Waals surface area contributed by atoms with Gasteiger partial charge in [-0.3, -0.25) is 14.3 Å². The van der Waals surface area contributed by atoms with Crippen LogP contribution in [-0.4, -0.2) is 51.3 Å². The van der Waals surface area contributed by atoms with E-state index >= 15 is 0 Å². The number of hydrogen-bond donors (Lipinski definition) is 3. The predicted molar refractivity (Wildman–Crippen MR) is 77.5 cm³/mol. The van der Waals surface area contributed by atoms with Gasteiger partial charge in [-0.15, -0.1) is 0 Å². The molecule has 1 aromatic rings. The van der Waals surface area contributed by atoms with Crippen molar-refractivity contribution in [3.63, 3.8) is 0 Å². The molecule has 1 fully saturated rings. The van der Waals surface area contributed by atoms with Crippen molar-refractivity contribution in [3.8, 4) is 0 Å². The molecule has 0 aliphatic carbocycles. The lowest BCUT2D eigenvalue weighted by Crippen LogP contribution is -2.38. The highest BCUT2D eigenvalue weighted by molar-refractivity contribution is 4.94. The molecule has 1 aromatic heterocycles. The Balaban J connectivity index is 2.03. The molecule has 2 rings (SSSR count). The van der Waals surface area contributed by atoms with E-state index in [-0.39, 0.29) is 6.61 Å². The number of unbranched alkanes of at least 4 members (excludes halogenated alkanes) is 2. The third-order valence-electron chi connectivity index (χ3n) is 3.71. The van der Waals surface area contributed by atoms with Crippen molar-refractivity contribution in [1.29, 1.82) is 0 Å². The molecule has 0 radical (unpaired) electrons. The number of H-pyrrole nitrogens is 1. The fourth-order valence-electron chi connectivity index (χ4n) is 2.40. The zero-order valence-corrected chi connectivity index (χ0v) is 12.8. The van der Waals surface area contributed by atoms with Gasteiger partial charge >= 0.3 is 5.69 Å². The van der Waals surface area contributed by atoms with Crippen LogP contribution in [0.4, 0.5) is 4.39 Å². The first-order chi connectivity index (χ1) is 11.0. The minimum absolute atomic E-state index is 0.0407. The molecule has 0 unspecified atom stereocenters. The quantitative estimate of drug-likeness (QED) is 0.580. The normalized spacial score (nSPS) is 27.5. The fraction of sp³-hybridized carbons (Fsp3) is 0.714. The van der Waals surface area contributed by atoms with Crippen LogP contribution < -0.4 is 11.2 Å². The third kappa shape index (κ3) is 4.05. The highest BCUT2D eigenvalue weighted by Gasteiger charge is 2.44. The lowest BCUT2D eigenvalue weighted by Gasteiger charge is -2.16. The maximum atomic E-state index is 13.3. The van der Waals surface area contributed by atoms with Crippen molar-refractivity contribution in [2.45, 2.75) is 50.7 Å². The number of rotatable bonds is 7. The molecular weight excluding hydrogens is 311 g/mol. The number of aliphatic hydroxyl groups is 2. The number of nitrogens with one attached hydrogen (secondary N) is 1. The van der Waals surface area contributed by atoms with Crippen LogP contribution in [0.15, 0.2) is 15.8 Å². The number of hydrogen-bond acceptors (Lipinski definition) is 6. The molecule has 1 aliphatic heterocycles. The highest BCUT2D eigenvalue weighted by atomic mass is 19.1. The maximum absolute atomic E-state index is 13.3. The Morgan fingerprint density at radius 3 is 2.78 bits per heavy atom. The van der Waals surface area contributed by atoms with Gasteiger partial charge in [0.2, 0.25) is 5.82 Å². The van der Waals surface area contributed by atoms with Gasteiger partial charge in [0.25, 0.3) is 5.56 Å². The van der Waals surface area contributed by atoms with E-state index in [0.29, 0.717) is 17.4 Å². The van der Waals surface area contributed by atoms with E-state index in [0.717, 1.165) is 19.3 Å². The Hall–Kier alpha value is -1.55. The second-order valence-corrected chi connectivity index (χ2v) is 5.47. The van der Waals surface area contributed by atoms with Crippen LogP contribution in [-0.2, 0) is 9.47 Å². The maximum Gasteiger partial charge on any atom is 0.330 e. The molecule has 0 amide bonds. The smallest absolute Gasteiger partial charge is 0.330 e. The summed E-state index contributed by atoms with van der Waals surface area (Å²) in [5.74, 6) is -1.19. The van der Waals surface area contributed by atoms with E-state index in [1.54, 1.807) is 4.98 Å². The first-order valence-corrected chi connectivity index (χ1v) is 7.56. The molecule has 8 nitrogen and oxygen atoms in total. The predicted octanol–water partition coefficient (Wildman–Crippen LogP) is -0.498. The van der Waals surface area contributed by atoms with Crippen LogP contribution in [0.3, 0.4) is 0 Å². The lowest BCUT2D eigenvalue weighted by molar-refractivity contribution is -0.0689. The fourth-order valence-corrected chi connectivity index (χ4v) is 2.40. The monoisotopic (exact) mass is 332 g/mol. The summed E-state index contributed by atoms with van der Waals surface area (Å²) in [6.45, 7) is 2.60. The summed E-state index contributed by atoms with van der Waals surface area (Å²) in [5, 5.41) is 20.0. The van der Waals surface area contributed by atoms with Crippen molar-refractivity contribution in [2.75, 3.05) is 13.2 Å². The molecule has 130 valence electrons. The van der Waals surface area contributed by atoms with Crippen LogP contribution >= 0.6 is 0 Å². The molecule has 2 heterocycles. The molecule has 9 heteroatoms. The molecule has 0 bridgehead atoms. The van der Waals surface area contributed by atoms with E-state index in [9.17, 15) is 24.2 Å². The summed E-state index contributed by atoms with van der Waals surface area (Å²) in [5.41, 5.74) is -2.09. The number of nitrogens with zero attached hydrogens (tertiary/aromatic N) is 1. The van der Waals surface area contributed by atoms with Gasteiger partial charge in [0.1, 0.15) is 18.3 Å². The number of ether oxygens (including phenoxy) is 2. The van der Waals surface area contributed by atoms with Crippen molar-refractivity contribution < 1.29 is 24.1 Å². The van der Waals surface area contributed by atoms with Gasteiger partial charge in [0.05, 0.1) is 12.8 Å². The second-order valence-electron chi connectivity index (χ2n) is 5.47. The second kappa shape index (κ2) is 7.82. The first kappa shape index (κ1) is 17.8. The molecule has 0 aromatic carbocycles. The Bertz CT molecular complexity index is 630. The summed E-state index contributed by atoms with van der Waals surface area (Å²) < 4.78 is 24.8. The van der Waals surface area contributed by atoms with Gasteiger partial charge in [0, 0.05) is 6.61 Å². The van der Waals surface area contributed by atoms with Gasteiger partial charge in [-0.25, -0.2) is 4.79 Å². The van der Waals surface area contributed by atoms with Gasteiger partial charge in [-0.1, -0.05) is 19.8 Å². The van der Waals surface area contributed by atoms with Gasteiger partial charge in [-0.2, -0.15) is 4.39 Å². The number of aromatic amines is 1. The van der Waals surface area contributed by atoms with E-state index in [4.69, 9.17) is 9.47 Å². The molecular formula is C14H21FN2O6. The number of aliphatic hydroxyl groups excluding tert-OH is 2. The van der Waals surface area contributed by atoms with Crippen LogP contribution in [0.5, 0.6) is 0 Å². The van der Waals surface area contributed by atoms with Crippen molar-refractivity contribution in [2.24, 2.45) is 0 Å². The molecule has 4 atom stereocenters. The van der Waals surface area contributed by atoms with Crippen LogP contribution in [0, 0.1) is 5.82 Å². The average molecular weight is 332 g/mol. The summed E-state index contributed by atoms with van der Waals surface area (Å²) in [7, 11) is 0. The van der Waals surface area contributed by atoms with Gasteiger partial charge < -0.3 is 19.7 Å². The molecule has 1 saturated heterocycles. The van der Waals surface area contributed by atoms with Gasteiger partial charge in [0.15, 0.2) is 6.23 Å². The van der Waals surface area contributed by atoms with Crippen LogP contribution in [0.2, 0.25) is 0 Å². The molecule has 23 heavy (non-hydrogen) atoms. The topological polar surface area (TPSA) is 114 Å². The number of halogens is 1. The van der Waals surface area contributed by atoms with Crippen molar-refractivity contribution in [1.82, 2.24) is 9.55 Å². The van der Waals surface area contributed by atoms with E-state index in [2.05, 4.69) is 6.92 Å². The Kier molecular flexibility index (Phi) is 6.05. The minimum atomic E-state index is -1.44. The Morgan fingerprint density at radius 1 is 1.35 bits per heavy atom. The summed E-state index contributed by atoms with van der Waals surface area (Å²) >= 11 is 0. The standard InChI is InChI=1S/C14H21FN2O6/c1-2-3-4-5-22-7-9-10(18)11(19)13(23-9)17-6-8(15)12(20)16-14(17)21/h6,9-11,13,18-19H,2-5,7H2,1H3,(H,16,20,21)/t9-,10-,11-,13-/m1/s1. The molecule has 0 saturated carbocycles. The summed E-state index contributed by atoms with van der Waals surface area (Å²) in [6, 6.07) is 0. The van der Waals surface area contributed by atoms with Crippen molar-refractivity contribution >= 4 is 0 Å². The third-order valence-corrected chi connectivity index (χ3v) is 3.71. The SMILES string of the molecule is CCCCCOC[C@H]1O[C@@H](n2cc(F)c(=O)[nH]c2=O)[C@H](O)[C@@H]1O. The van der Waals surface area contributed by atoms with E-state index in [1.165, 1.54) is 0 Å². The van der Waals surface area contributed by atoms with Crippen molar-refractivity contribution in [3.05, 3.63) is 32.9 Å². The average Bonchev–Trinajstić information content (AvgIpc) is 2.79. The molecule has 3 N–H and O–H groups in total. The first-order valence-electron chi connectivity index (χ1n) is 7.56. The van der Waals surface area contributed by atoms with Gasteiger partial charge in [-0.05, 0) is 6.42 Å². The zero-order valence-electron chi connectivity index (χ0n) is 12.8. The zero-order chi connectivity index (χ0) is 17.0. The van der Waals surface area contributed by atoms with Crippen LogP contribution in [0.1, 0.15) is 32.4 Å². The number of aromatic nitrogens is 2. The highest BCUT2D eigenvalue weighted by Crippen LogP contribution is 2.28.